The molecule has 8 unspecified atom stereocenters. The van der Waals surface area contributed by atoms with Crippen LogP contribution in [0.3, 0.4) is 0 Å². The van der Waals surface area contributed by atoms with Gasteiger partial charge in [0.2, 0.25) is 5.91 Å². The van der Waals surface area contributed by atoms with Gasteiger partial charge in [0.05, 0.1) is 25.4 Å². The third-order valence-corrected chi connectivity index (χ3v) is 12.4. The first-order valence-electron chi connectivity index (χ1n) is 26.1. The summed E-state index contributed by atoms with van der Waals surface area (Å²) >= 11 is 0. The molecular formula is C52H97NO10. The summed E-state index contributed by atoms with van der Waals surface area (Å²) in [4.78, 5) is 26.3. The van der Waals surface area contributed by atoms with Gasteiger partial charge in [-0.2, -0.15) is 0 Å². The first-order chi connectivity index (χ1) is 30.7. The zero-order chi connectivity index (χ0) is 46.2. The highest BCUT2D eigenvalue weighted by molar-refractivity contribution is 5.80. The molecule has 0 aliphatic carbocycles. The molecule has 0 aromatic rings. The summed E-state index contributed by atoms with van der Waals surface area (Å²) in [5.41, 5.74) is 0. The monoisotopic (exact) mass is 896 g/mol. The maximum absolute atomic E-state index is 13.3. The van der Waals surface area contributed by atoms with Gasteiger partial charge in [-0.3, -0.25) is 9.59 Å². The molecule has 8 atom stereocenters. The zero-order valence-corrected chi connectivity index (χ0v) is 40.5. The van der Waals surface area contributed by atoms with E-state index in [9.17, 15) is 35.1 Å². The van der Waals surface area contributed by atoms with E-state index in [1.165, 1.54) is 109 Å². The maximum atomic E-state index is 13.3. The van der Waals surface area contributed by atoms with E-state index in [4.69, 9.17) is 14.2 Å². The number of aliphatic hydroxyl groups excluding tert-OH is 5. The normalized spacial score (nSPS) is 20.7. The second kappa shape index (κ2) is 41.6. The molecule has 1 aliphatic rings. The number of nitrogens with one attached hydrogen (secondary N) is 1. The van der Waals surface area contributed by atoms with Gasteiger partial charge in [0.1, 0.15) is 24.4 Å². The van der Waals surface area contributed by atoms with E-state index in [2.05, 4.69) is 38.2 Å². The molecule has 370 valence electrons. The van der Waals surface area contributed by atoms with Crippen molar-refractivity contribution in [2.75, 3.05) is 13.2 Å². The van der Waals surface area contributed by atoms with Crippen LogP contribution in [-0.2, 0) is 23.8 Å². The van der Waals surface area contributed by atoms with Crippen LogP contribution in [-0.4, -0.2) is 99.6 Å². The van der Waals surface area contributed by atoms with Crippen LogP contribution in [0.1, 0.15) is 233 Å². The third kappa shape index (κ3) is 30.9. The summed E-state index contributed by atoms with van der Waals surface area (Å²) in [6.45, 7) is 5.70. The Kier molecular flexibility index (Phi) is 39.0. The number of carbonyl (C=O) groups is 2. The topological polar surface area (TPSA) is 175 Å². The SMILES string of the molecule is CCCC/C=C\CCCCCCCC(=O)OC1C(OCC(NC(=O)C(O)CCCCCCCCCCCCCC)C(O)/C=C/CCCCCCCCCCC)OC(CO)C(O)C1O. The van der Waals surface area contributed by atoms with Crippen molar-refractivity contribution in [3.8, 4) is 0 Å². The van der Waals surface area contributed by atoms with Gasteiger partial charge in [-0.25, -0.2) is 0 Å². The number of amides is 1. The van der Waals surface area contributed by atoms with E-state index in [1.54, 1.807) is 6.08 Å². The summed E-state index contributed by atoms with van der Waals surface area (Å²) in [6, 6.07) is -1.02. The van der Waals surface area contributed by atoms with E-state index in [0.29, 0.717) is 19.3 Å². The standard InChI is InChI=1S/C52H97NO10/c1-4-7-10-13-16-19-22-25-27-30-33-36-39-45(56)51(60)53-43(44(55)38-35-32-29-26-23-20-17-14-11-8-5-2)42-61-52-50(49(59)48(58)46(41-54)62-52)63-47(57)40-37-34-31-28-24-21-18-15-12-9-6-3/h15,18,35,38,43-46,48-50,52,54-56,58-59H,4-14,16-17,19-34,36-37,39-42H2,1-3H3,(H,53,60)/b18-15-,38-35+. The minimum Gasteiger partial charge on any atom is -0.454 e. The molecule has 0 spiro atoms. The zero-order valence-electron chi connectivity index (χ0n) is 40.5. The quantitative estimate of drug-likeness (QED) is 0.0196. The number of carbonyl (C=O) groups excluding carboxylic acids is 2. The van der Waals surface area contributed by atoms with Gasteiger partial charge < -0.3 is 45.1 Å². The molecule has 1 aliphatic heterocycles. The van der Waals surface area contributed by atoms with Gasteiger partial charge in [-0.1, -0.05) is 206 Å². The summed E-state index contributed by atoms with van der Waals surface area (Å²) in [5, 5.41) is 56.5. The fraction of sp³-hybridized carbons (Fsp3) is 0.885. The lowest BCUT2D eigenvalue weighted by atomic mass is 9.99. The number of aliphatic hydroxyl groups is 5. The maximum Gasteiger partial charge on any atom is 0.306 e. The van der Waals surface area contributed by atoms with E-state index >= 15 is 0 Å². The molecule has 1 amide bonds. The van der Waals surface area contributed by atoms with Gasteiger partial charge in [-0.15, -0.1) is 0 Å². The molecule has 1 saturated heterocycles. The predicted octanol–water partition coefficient (Wildman–Crippen LogP) is 10.6. The van der Waals surface area contributed by atoms with Crippen molar-refractivity contribution in [1.82, 2.24) is 5.32 Å². The molecule has 11 nitrogen and oxygen atoms in total. The molecule has 1 heterocycles. The Bertz CT molecular complexity index is 1120. The van der Waals surface area contributed by atoms with Crippen molar-refractivity contribution >= 4 is 11.9 Å². The van der Waals surface area contributed by atoms with Crippen LogP contribution in [0.25, 0.3) is 0 Å². The van der Waals surface area contributed by atoms with Crippen LogP contribution in [0.2, 0.25) is 0 Å². The smallest absolute Gasteiger partial charge is 0.306 e. The fourth-order valence-electron chi connectivity index (χ4n) is 8.10. The number of unbranched alkanes of at least 4 members (excludes halogenated alkanes) is 27. The number of rotatable bonds is 43. The Balaban J connectivity index is 2.79. The van der Waals surface area contributed by atoms with E-state index in [0.717, 1.165) is 77.0 Å². The van der Waals surface area contributed by atoms with Crippen LogP contribution >= 0.6 is 0 Å². The Labute approximate surface area is 384 Å². The van der Waals surface area contributed by atoms with Gasteiger partial charge in [-0.05, 0) is 44.9 Å². The molecule has 0 aromatic heterocycles. The van der Waals surface area contributed by atoms with Crippen molar-refractivity contribution in [3.63, 3.8) is 0 Å². The van der Waals surface area contributed by atoms with Gasteiger partial charge in [0, 0.05) is 6.42 Å². The number of hydrogen-bond donors (Lipinski definition) is 6. The largest absolute Gasteiger partial charge is 0.454 e. The van der Waals surface area contributed by atoms with Crippen molar-refractivity contribution in [1.29, 1.82) is 0 Å². The Morgan fingerprint density at radius 2 is 1.06 bits per heavy atom. The van der Waals surface area contributed by atoms with Crippen LogP contribution in [0.4, 0.5) is 0 Å². The lowest BCUT2D eigenvalue weighted by molar-refractivity contribution is -0.305. The molecule has 0 saturated carbocycles. The molecule has 0 bridgehead atoms. The molecule has 0 radical (unpaired) electrons. The van der Waals surface area contributed by atoms with E-state index in [-0.39, 0.29) is 13.0 Å². The Hall–Kier alpha value is -1.86. The van der Waals surface area contributed by atoms with Gasteiger partial charge >= 0.3 is 5.97 Å². The number of ether oxygens (including phenoxy) is 3. The Morgan fingerprint density at radius 1 is 0.603 bits per heavy atom. The molecule has 1 rings (SSSR count). The fourth-order valence-corrected chi connectivity index (χ4v) is 8.10. The van der Waals surface area contributed by atoms with E-state index < -0.39 is 67.4 Å². The second-order valence-electron chi connectivity index (χ2n) is 18.3. The minimum atomic E-state index is -1.61. The van der Waals surface area contributed by atoms with Gasteiger partial charge in [0.15, 0.2) is 12.4 Å². The molecular weight excluding hydrogens is 799 g/mol. The highest BCUT2D eigenvalue weighted by atomic mass is 16.7. The highest BCUT2D eigenvalue weighted by Crippen LogP contribution is 2.26. The second-order valence-corrected chi connectivity index (χ2v) is 18.3. The van der Waals surface area contributed by atoms with Crippen LogP contribution in [0.5, 0.6) is 0 Å². The average molecular weight is 896 g/mol. The number of allylic oxidation sites excluding steroid dienone is 3. The van der Waals surface area contributed by atoms with Crippen molar-refractivity contribution in [2.45, 2.75) is 282 Å². The lowest BCUT2D eigenvalue weighted by Gasteiger charge is -2.41. The molecule has 0 aromatic carbocycles. The lowest BCUT2D eigenvalue weighted by Crippen LogP contribution is -2.61. The average Bonchev–Trinajstić information content (AvgIpc) is 3.28. The number of esters is 1. The summed E-state index contributed by atoms with van der Waals surface area (Å²) < 4.78 is 17.5. The van der Waals surface area contributed by atoms with Crippen LogP contribution < -0.4 is 5.32 Å². The van der Waals surface area contributed by atoms with Crippen molar-refractivity contribution in [3.05, 3.63) is 24.3 Å². The molecule has 6 N–H and O–H groups in total. The molecule has 63 heavy (non-hydrogen) atoms. The minimum absolute atomic E-state index is 0.116. The van der Waals surface area contributed by atoms with Crippen molar-refractivity contribution < 1.29 is 49.3 Å². The Morgan fingerprint density at radius 3 is 1.59 bits per heavy atom. The first kappa shape index (κ1) is 59.2. The summed E-state index contributed by atoms with van der Waals surface area (Å²) in [6.07, 6.45) is 33.8. The predicted molar refractivity (Wildman–Crippen MR) is 255 cm³/mol. The number of hydrogen-bond acceptors (Lipinski definition) is 10. The van der Waals surface area contributed by atoms with E-state index in [1.807, 2.05) is 6.08 Å². The van der Waals surface area contributed by atoms with Crippen LogP contribution in [0, 0.1) is 0 Å². The van der Waals surface area contributed by atoms with Crippen LogP contribution in [0.15, 0.2) is 24.3 Å². The van der Waals surface area contributed by atoms with Gasteiger partial charge in [0.25, 0.3) is 0 Å². The summed E-state index contributed by atoms with van der Waals surface area (Å²) in [5.74, 6) is -1.20. The van der Waals surface area contributed by atoms with Crippen molar-refractivity contribution in [2.24, 2.45) is 0 Å². The third-order valence-electron chi connectivity index (χ3n) is 12.4. The summed E-state index contributed by atoms with van der Waals surface area (Å²) in [7, 11) is 0. The first-order valence-corrected chi connectivity index (χ1v) is 26.1. The molecule has 1 fully saturated rings. The highest BCUT2D eigenvalue weighted by Gasteiger charge is 2.47. The molecule has 11 heteroatoms.